The number of ether oxygens (including phenoxy) is 3. The smallest absolute Gasteiger partial charge is 0.319 e. The number of imide groups is 1. The molecule has 0 spiro atoms. The predicted molar refractivity (Wildman–Crippen MR) is 290 cm³/mol. The zero-order chi connectivity index (χ0) is 53.2. The molecule has 8 aliphatic rings. The molecule has 3 amide bonds. The second-order valence-electron chi connectivity index (χ2n) is 23.0. The molecule has 5 atom stereocenters. The maximum absolute atomic E-state index is 17.6. The third-order valence-electron chi connectivity index (χ3n) is 18.4. The Morgan fingerprint density at radius 3 is 2.40 bits per heavy atom. The highest BCUT2D eigenvalue weighted by molar-refractivity contribution is 6.06. The molecule has 0 saturated carbocycles. The van der Waals surface area contributed by atoms with Gasteiger partial charge in [-0.25, -0.2) is 8.78 Å². The van der Waals surface area contributed by atoms with Gasteiger partial charge in [0.15, 0.2) is 12.6 Å². The highest BCUT2D eigenvalue weighted by Crippen LogP contribution is 2.44. The molecule has 408 valence electrons. The number of piperidine rings is 2. The van der Waals surface area contributed by atoms with Gasteiger partial charge in [-0.2, -0.15) is 9.97 Å². The monoisotopic (exact) mass is 1060 g/mol. The van der Waals surface area contributed by atoms with Gasteiger partial charge in [-0.3, -0.25) is 34.5 Å². The van der Waals surface area contributed by atoms with E-state index in [0.717, 1.165) is 122 Å². The molecule has 0 radical (unpaired) electrons. The molecular weight excluding hydrogens is 997 g/mol. The number of hydrogen-bond acceptors (Lipinski definition) is 15. The summed E-state index contributed by atoms with van der Waals surface area (Å²) in [5, 5.41) is 7.49. The normalized spacial score (nSPS) is 26.0. The average Bonchev–Trinajstić information content (AvgIpc) is 4.35. The van der Waals surface area contributed by atoms with E-state index in [1.54, 1.807) is 29.3 Å². The van der Waals surface area contributed by atoms with Crippen LogP contribution in [0.4, 0.5) is 20.3 Å². The third kappa shape index (κ3) is 9.46. The summed E-state index contributed by atoms with van der Waals surface area (Å²) in [4.78, 5) is 66.5. The van der Waals surface area contributed by atoms with Crippen molar-refractivity contribution >= 4 is 50.9 Å². The summed E-state index contributed by atoms with van der Waals surface area (Å²) in [5.74, 6) is 2.02. The Bertz CT molecular complexity index is 3220. The molecule has 4 unspecified atom stereocenters. The summed E-state index contributed by atoms with van der Waals surface area (Å²) in [6, 6.07) is 12.8. The minimum absolute atomic E-state index is 0.00627. The van der Waals surface area contributed by atoms with Crippen LogP contribution in [0.5, 0.6) is 11.8 Å². The number of amides is 3. The van der Waals surface area contributed by atoms with Gasteiger partial charge in [0.1, 0.15) is 41.2 Å². The first kappa shape index (κ1) is 50.9. The molecule has 3 aromatic carbocycles. The van der Waals surface area contributed by atoms with Crippen LogP contribution in [-0.2, 0) is 20.9 Å². The number of piperazine rings is 2. The second kappa shape index (κ2) is 20.9. The van der Waals surface area contributed by atoms with E-state index < -0.39 is 17.7 Å². The van der Waals surface area contributed by atoms with Crippen LogP contribution < -0.4 is 29.9 Å². The third-order valence-corrected chi connectivity index (χ3v) is 18.4. The SMILES string of the molecule is C#Cc1c(F)ccc2cc(OCOC)cc(-c3ncc4c(N5CC6CCC(C5)N6)nc(OCC56CCCN5[C@H](CN5CCN(CC7CCN(c8ccc9c(c8)CN(C8CCC(=O)NC8=O)C9=O)CC7)CC5)CC6)nc4c3F)c12. The van der Waals surface area contributed by atoms with Gasteiger partial charge < -0.3 is 39.1 Å². The first-order chi connectivity index (χ1) is 38.0. The molecule has 0 aliphatic carbocycles. The fraction of sp³-hybridized carbons (Fsp3) is 0.525. The molecule has 19 heteroatoms. The summed E-state index contributed by atoms with van der Waals surface area (Å²) >= 11 is 0. The minimum atomic E-state index is -0.682. The number of nitrogens with one attached hydrogen (secondary N) is 2. The summed E-state index contributed by atoms with van der Waals surface area (Å²) in [6.45, 7) is 11.4. The van der Waals surface area contributed by atoms with Crippen molar-refractivity contribution < 1.29 is 37.4 Å². The lowest BCUT2D eigenvalue weighted by Crippen LogP contribution is -2.53. The van der Waals surface area contributed by atoms with E-state index in [1.165, 1.54) is 13.2 Å². The number of carbonyl (C=O) groups excluding carboxylic acids is 3. The molecule has 8 aliphatic heterocycles. The first-order valence-corrected chi connectivity index (χ1v) is 28.1. The van der Waals surface area contributed by atoms with Gasteiger partial charge in [0.05, 0.1) is 16.5 Å². The zero-order valence-corrected chi connectivity index (χ0v) is 44.3. The van der Waals surface area contributed by atoms with Crippen molar-refractivity contribution in [1.29, 1.82) is 0 Å². The summed E-state index contributed by atoms with van der Waals surface area (Å²) < 4.78 is 50.6. The zero-order valence-electron chi connectivity index (χ0n) is 44.3. The van der Waals surface area contributed by atoms with Crippen LogP contribution in [0.2, 0.25) is 0 Å². The van der Waals surface area contributed by atoms with Crippen LogP contribution in [0.15, 0.2) is 48.7 Å². The van der Waals surface area contributed by atoms with Crippen molar-refractivity contribution in [2.75, 3.05) is 102 Å². The molecule has 2 aromatic heterocycles. The van der Waals surface area contributed by atoms with Crippen LogP contribution in [0, 0.1) is 29.9 Å². The van der Waals surface area contributed by atoms with Gasteiger partial charge in [-0.1, -0.05) is 12.0 Å². The van der Waals surface area contributed by atoms with Crippen LogP contribution in [0.1, 0.15) is 85.7 Å². The highest BCUT2D eigenvalue weighted by atomic mass is 19.1. The average molecular weight is 1060 g/mol. The summed E-state index contributed by atoms with van der Waals surface area (Å²) in [5.41, 5.74) is 2.88. The number of pyridine rings is 1. The first-order valence-electron chi connectivity index (χ1n) is 28.1. The number of nitrogens with zero attached hydrogens (tertiary/aromatic N) is 9. The minimum Gasteiger partial charge on any atom is -0.468 e. The quantitative estimate of drug-likeness (QED) is 0.0792. The highest BCUT2D eigenvalue weighted by Gasteiger charge is 2.50. The molecule has 13 rings (SSSR count). The van der Waals surface area contributed by atoms with E-state index >= 15 is 8.78 Å². The Morgan fingerprint density at radius 2 is 1.63 bits per heavy atom. The van der Waals surface area contributed by atoms with Crippen LogP contribution >= 0.6 is 0 Å². The van der Waals surface area contributed by atoms with Crippen molar-refractivity contribution in [3.05, 3.63) is 77.0 Å². The van der Waals surface area contributed by atoms with Crippen molar-refractivity contribution in [2.24, 2.45) is 5.92 Å². The maximum atomic E-state index is 17.6. The van der Waals surface area contributed by atoms with Crippen molar-refractivity contribution in [3.63, 3.8) is 0 Å². The molecular formula is C59H67F2N11O6. The largest absolute Gasteiger partial charge is 0.468 e. The van der Waals surface area contributed by atoms with E-state index in [0.29, 0.717) is 90.0 Å². The lowest BCUT2D eigenvalue weighted by atomic mass is 9.95. The summed E-state index contributed by atoms with van der Waals surface area (Å²) in [6.07, 6.45) is 16.6. The molecule has 2 N–H and O–H groups in total. The van der Waals surface area contributed by atoms with Crippen molar-refractivity contribution in [2.45, 2.75) is 100 Å². The van der Waals surface area contributed by atoms with Crippen LogP contribution in [0.3, 0.4) is 0 Å². The Morgan fingerprint density at radius 1 is 0.833 bits per heavy atom. The van der Waals surface area contributed by atoms with Gasteiger partial charge in [0.2, 0.25) is 11.8 Å². The van der Waals surface area contributed by atoms with Gasteiger partial charge in [0, 0.05) is 132 Å². The number of fused-ring (bicyclic) bond motifs is 6. The van der Waals surface area contributed by atoms with Gasteiger partial charge >= 0.3 is 6.01 Å². The van der Waals surface area contributed by atoms with E-state index in [1.807, 2.05) is 12.1 Å². The van der Waals surface area contributed by atoms with E-state index in [4.69, 9.17) is 35.6 Å². The predicted octanol–water partition coefficient (Wildman–Crippen LogP) is 5.70. The Hall–Kier alpha value is -6.56. The van der Waals surface area contributed by atoms with Crippen molar-refractivity contribution in [3.8, 4) is 35.4 Å². The lowest BCUT2D eigenvalue weighted by molar-refractivity contribution is -0.136. The Kier molecular flexibility index (Phi) is 13.7. The maximum Gasteiger partial charge on any atom is 0.319 e. The number of benzene rings is 3. The molecule has 7 fully saturated rings. The van der Waals surface area contributed by atoms with Crippen molar-refractivity contribution in [1.82, 2.24) is 45.2 Å². The number of hydrogen-bond donors (Lipinski definition) is 2. The fourth-order valence-electron chi connectivity index (χ4n) is 14.4. The molecule has 10 heterocycles. The standard InChI is InChI=1S/C59H67F2N11O6/c1-3-44-48(60)10-5-37-26-43(78-35-76-2)27-46(51(37)44)53-52(61)54-47(28-62-53)55(70-31-39-6-7-40(32-70)63-39)66-58(65-54)77-34-59-16-4-18-72(59)42(13-17-59)33-68-23-21-67(22-24-68)29-36-14-19-69(20-15-36)41-8-9-45-38(25-41)30-71(57(45)75)49-11-12-50(73)64-56(49)74/h1,5,8-10,25-28,36,39-40,42,49,63H,4,6-7,11-24,29-35H2,2H3,(H,64,73,74)/t39?,40?,42-,49?,59?/m0/s1. The van der Waals surface area contributed by atoms with Gasteiger partial charge in [-0.15, -0.1) is 6.42 Å². The number of rotatable bonds is 14. The van der Waals surface area contributed by atoms with Crippen LogP contribution in [0.25, 0.3) is 32.9 Å². The Balaban J connectivity index is 0.656. The number of anilines is 2. The molecule has 5 aromatic rings. The molecule has 7 saturated heterocycles. The number of carbonyl (C=O) groups is 3. The van der Waals surface area contributed by atoms with E-state index in [2.05, 4.69) is 47.1 Å². The fourth-order valence-corrected chi connectivity index (χ4v) is 14.4. The number of terminal acetylenes is 1. The van der Waals surface area contributed by atoms with Crippen LogP contribution in [-0.4, -0.2) is 174 Å². The van der Waals surface area contributed by atoms with Gasteiger partial charge in [0.25, 0.3) is 5.91 Å². The van der Waals surface area contributed by atoms with E-state index in [9.17, 15) is 14.4 Å². The summed E-state index contributed by atoms with van der Waals surface area (Å²) in [7, 11) is 1.51. The number of methoxy groups -OCH3 is 1. The molecule has 78 heavy (non-hydrogen) atoms. The topological polar surface area (TPSA) is 161 Å². The second-order valence-corrected chi connectivity index (χ2v) is 23.0. The number of halogens is 2. The lowest BCUT2D eigenvalue weighted by Gasteiger charge is -2.41. The number of aromatic nitrogens is 3. The Labute approximate surface area is 452 Å². The molecule has 2 bridgehead atoms. The van der Waals surface area contributed by atoms with Gasteiger partial charge in [-0.05, 0) is 118 Å². The van der Waals surface area contributed by atoms with E-state index in [-0.39, 0.29) is 64.8 Å². The molecule has 17 nitrogen and oxygen atoms in total.